The highest BCUT2D eigenvalue weighted by molar-refractivity contribution is 6.33. The SMILES string of the molecule is COC(=O)CN(C)C(=O)c1c(F)cccc1Cl. The molecule has 0 heterocycles. The van der Waals surface area contributed by atoms with Gasteiger partial charge in [-0.2, -0.15) is 0 Å². The van der Waals surface area contributed by atoms with Crippen molar-refractivity contribution in [1.82, 2.24) is 4.90 Å². The molecule has 0 saturated carbocycles. The zero-order valence-electron chi connectivity index (χ0n) is 9.37. The van der Waals surface area contributed by atoms with Crippen molar-refractivity contribution < 1.29 is 18.7 Å². The predicted octanol–water partition coefficient (Wildman–Crippen LogP) is 1.72. The molecule has 1 aromatic rings. The molecule has 0 aromatic heterocycles. The summed E-state index contributed by atoms with van der Waals surface area (Å²) in [5.74, 6) is -1.98. The molecule has 0 spiro atoms. The van der Waals surface area contributed by atoms with Crippen LogP contribution in [0.2, 0.25) is 5.02 Å². The number of amides is 1. The third-order valence-electron chi connectivity index (χ3n) is 2.12. The van der Waals surface area contributed by atoms with Crippen LogP contribution >= 0.6 is 11.6 Å². The number of nitrogens with zero attached hydrogens (tertiary/aromatic N) is 1. The van der Waals surface area contributed by atoms with Crippen molar-refractivity contribution in [1.29, 1.82) is 0 Å². The summed E-state index contributed by atoms with van der Waals surface area (Å²) in [5, 5.41) is 0.00622. The van der Waals surface area contributed by atoms with Gasteiger partial charge in [0.1, 0.15) is 12.4 Å². The molecular formula is C11H11ClFNO3. The molecule has 0 aliphatic heterocycles. The zero-order chi connectivity index (χ0) is 13.0. The quantitative estimate of drug-likeness (QED) is 0.777. The number of likely N-dealkylation sites (N-methyl/N-ethyl adjacent to an activating group) is 1. The number of benzene rings is 1. The highest BCUT2D eigenvalue weighted by atomic mass is 35.5. The molecule has 1 amide bonds. The van der Waals surface area contributed by atoms with Crippen LogP contribution in [0.15, 0.2) is 18.2 Å². The second-order valence-corrected chi connectivity index (χ2v) is 3.74. The van der Waals surface area contributed by atoms with E-state index in [1.54, 1.807) is 0 Å². The summed E-state index contributed by atoms with van der Waals surface area (Å²) in [4.78, 5) is 23.9. The van der Waals surface area contributed by atoms with Gasteiger partial charge in [0, 0.05) is 7.05 Å². The minimum Gasteiger partial charge on any atom is -0.468 e. The lowest BCUT2D eigenvalue weighted by molar-refractivity contribution is -0.141. The second-order valence-electron chi connectivity index (χ2n) is 3.33. The van der Waals surface area contributed by atoms with E-state index in [9.17, 15) is 14.0 Å². The van der Waals surface area contributed by atoms with Crippen LogP contribution in [-0.4, -0.2) is 37.5 Å². The topological polar surface area (TPSA) is 46.6 Å². The molecule has 1 aromatic carbocycles. The van der Waals surface area contributed by atoms with Gasteiger partial charge in [-0.05, 0) is 12.1 Å². The van der Waals surface area contributed by atoms with Gasteiger partial charge in [0.25, 0.3) is 5.91 Å². The average molecular weight is 260 g/mol. The average Bonchev–Trinajstić information content (AvgIpc) is 2.28. The first-order valence-corrected chi connectivity index (χ1v) is 5.11. The molecule has 92 valence electrons. The van der Waals surface area contributed by atoms with Crippen LogP contribution < -0.4 is 0 Å². The number of ether oxygens (including phenoxy) is 1. The van der Waals surface area contributed by atoms with E-state index in [-0.39, 0.29) is 17.1 Å². The van der Waals surface area contributed by atoms with Gasteiger partial charge in [-0.25, -0.2) is 4.39 Å². The maximum atomic E-state index is 13.4. The van der Waals surface area contributed by atoms with Crippen molar-refractivity contribution >= 4 is 23.5 Å². The van der Waals surface area contributed by atoms with Crippen LogP contribution in [0.4, 0.5) is 4.39 Å². The molecule has 0 saturated heterocycles. The Morgan fingerprint density at radius 1 is 1.47 bits per heavy atom. The maximum Gasteiger partial charge on any atom is 0.325 e. The summed E-state index contributed by atoms with van der Waals surface area (Å²) < 4.78 is 17.8. The molecule has 4 nitrogen and oxygen atoms in total. The number of hydrogen-bond acceptors (Lipinski definition) is 3. The third-order valence-corrected chi connectivity index (χ3v) is 2.43. The summed E-state index contributed by atoms with van der Waals surface area (Å²) in [6.45, 7) is -0.264. The first kappa shape index (κ1) is 13.4. The van der Waals surface area contributed by atoms with E-state index in [1.165, 1.54) is 26.3 Å². The van der Waals surface area contributed by atoms with Crippen molar-refractivity contribution in [2.75, 3.05) is 20.7 Å². The van der Waals surface area contributed by atoms with Gasteiger partial charge in [0.2, 0.25) is 0 Å². The van der Waals surface area contributed by atoms with Crippen molar-refractivity contribution in [3.8, 4) is 0 Å². The molecule has 17 heavy (non-hydrogen) atoms. The molecule has 0 aliphatic carbocycles. The number of carbonyl (C=O) groups is 2. The second kappa shape index (κ2) is 5.63. The van der Waals surface area contributed by atoms with Crippen LogP contribution in [0.5, 0.6) is 0 Å². The summed E-state index contributed by atoms with van der Waals surface area (Å²) in [6.07, 6.45) is 0. The summed E-state index contributed by atoms with van der Waals surface area (Å²) in [6, 6.07) is 3.93. The Kier molecular flexibility index (Phi) is 4.45. The first-order valence-electron chi connectivity index (χ1n) is 4.73. The maximum absolute atomic E-state index is 13.4. The van der Waals surface area contributed by atoms with Crippen molar-refractivity contribution in [3.63, 3.8) is 0 Å². The van der Waals surface area contributed by atoms with Crippen LogP contribution in [-0.2, 0) is 9.53 Å². The fraction of sp³-hybridized carbons (Fsp3) is 0.273. The van der Waals surface area contributed by atoms with E-state index in [4.69, 9.17) is 11.6 Å². The normalized spacial score (nSPS) is 9.88. The van der Waals surface area contributed by atoms with Gasteiger partial charge in [-0.1, -0.05) is 17.7 Å². The van der Waals surface area contributed by atoms with Gasteiger partial charge >= 0.3 is 5.97 Å². The first-order chi connectivity index (χ1) is 7.97. The van der Waals surface area contributed by atoms with Crippen LogP contribution in [0.25, 0.3) is 0 Å². The van der Waals surface area contributed by atoms with E-state index in [0.717, 1.165) is 11.0 Å². The highest BCUT2D eigenvalue weighted by Gasteiger charge is 2.21. The predicted molar refractivity (Wildman–Crippen MR) is 60.4 cm³/mol. The molecule has 0 bridgehead atoms. The fourth-order valence-electron chi connectivity index (χ4n) is 1.22. The zero-order valence-corrected chi connectivity index (χ0v) is 10.1. The molecule has 6 heteroatoms. The lowest BCUT2D eigenvalue weighted by atomic mass is 10.2. The smallest absolute Gasteiger partial charge is 0.325 e. The van der Waals surface area contributed by atoms with Crippen molar-refractivity contribution in [2.24, 2.45) is 0 Å². The number of carbonyl (C=O) groups excluding carboxylic acids is 2. The Balaban J connectivity index is 2.93. The number of halogens is 2. The van der Waals surface area contributed by atoms with E-state index in [0.29, 0.717) is 0 Å². The van der Waals surface area contributed by atoms with Gasteiger partial charge in [-0.3, -0.25) is 9.59 Å². The van der Waals surface area contributed by atoms with Crippen LogP contribution in [0.3, 0.4) is 0 Å². The Morgan fingerprint density at radius 3 is 2.65 bits per heavy atom. The minimum atomic E-state index is -0.723. The lowest BCUT2D eigenvalue weighted by Gasteiger charge is -2.16. The molecule has 0 radical (unpaired) electrons. The Hall–Kier alpha value is -1.62. The van der Waals surface area contributed by atoms with Crippen LogP contribution in [0, 0.1) is 5.82 Å². The molecule has 0 fully saturated rings. The summed E-state index contributed by atoms with van der Waals surface area (Å²) in [7, 11) is 2.57. The van der Waals surface area contributed by atoms with Gasteiger partial charge in [0.15, 0.2) is 0 Å². The monoisotopic (exact) mass is 259 g/mol. The van der Waals surface area contributed by atoms with Crippen molar-refractivity contribution in [2.45, 2.75) is 0 Å². The highest BCUT2D eigenvalue weighted by Crippen LogP contribution is 2.20. The number of esters is 1. The third kappa shape index (κ3) is 3.17. The molecule has 0 atom stereocenters. The van der Waals surface area contributed by atoms with E-state index < -0.39 is 17.7 Å². The van der Waals surface area contributed by atoms with Crippen molar-refractivity contribution in [3.05, 3.63) is 34.6 Å². The van der Waals surface area contributed by atoms with Gasteiger partial charge in [-0.15, -0.1) is 0 Å². The number of methoxy groups -OCH3 is 1. The number of rotatable bonds is 3. The summed E-state index contributed by atoms with van der Waals surface area (Å²) >= 11 is 5.74. The molecule has 0 N–H and O–H groups in total. The fourth-order valence-corrected chi connectivity index (χ4v) is 1.47. The van der Waals surface area contributed by atoms with Crippen LogP contribution in [0.1, 0.15) is 10.4 Å². The molecule has 1 rings (SSSR count). The standard InChI is InChI=1S/C11H11ClFNO3/c1-14(6-9(15)17-2)11(16)10-7(12)4-3-5-8(10)13/h3-5H,6H2,1-2H3. The molecule has 0 aliphatic rings. The lowest BCUT2D eigenvalue weighted by Crippen LogP contribution is -2.33. The van der Waals surface area contributed by atoms with E-state index in [1.807, 2.05) is 0 Å². The van der Waals surface area contributed by atoms with Gasteiger partial charge < -0.3 is 9.64 Å². The largest absolute Gasteiger partial charge is 0.468 e. The number of hydrogen-bond donors (Lipinski definition) is 0. The molecule has 0 unspecified atom stereocenters. The Bertz CT molecular complexity index is 430. The Labute approximate surface area is 103 Å². The van der Waals surface area contributed by atoms with E-state index >= 15 is 0 Å². The summed E-state index contributed by atoms with van der Waals surface area (Å²) in [5.41, 5.74) is -0.249. The van der Waals surface area contributed by atoms with E-state index in [2.05, 4.69) is 4.74 Å². The Morgan fingerprint density at radius 2 is 2.12 bits per heavy atom. The minimum absolute atomic E-state index is 0.00622. The molecular weight excluding hydrogens is 249 g/mol. The van der Waals surface area contributed by atoms with Gasteiger partial charge in [0.05, 0.1) is 17.7 Å².